The quantitative estimate of drug-likeness (QED) is 0.862. The first-order valence-electron chi connectivity index (χ1n) is 8.54. The second-order valence-corrected chi connectivity index (χ2v) is 6.64. The van der Waals surface area contributed by atoms with Gasteiger partial charge >= 0.3 is 0 Å². The first kappa shape index (κ1) is 18.0. The Morgan fingerprint density at radius 1 is 1.16 bits per heavy atom. The molecule has 3 rings (SSSR count). The van der Waals surface area contributed by atoms with Crippen LogP contribution in [0.2, 0.25) is 0 Å². The van der Waals surface area contributed by atoms with Crippen LogP contribution in [0.1, 0.15) is 17.5 Å². The molecule has 5 nitrogen and oxygen atoms in total. The summed E-state index contributed by atoms with van der Waals surface area (Å²) in [6.45, 7) is 4.04. The minimum Gasteiger partial charge on any atom is -0.396 e. The van der Waals surface area contributed by atoms with E-state index in [-0.39, 0.29) is 12.6 Å². The van der Waals surface area contributed by atoms with E-state index in [1.165, 1.54) is 17.7 Å². The molecule has 1 aromatic heterocycles. The minimum absolute atomic E-state index is 0.111. The number of halogens is 2. The maximum atomic E-state index is 13.4. The third-order valence-electron chi connectivity index (χ3n) is 4.69. The van der Waals surface area contributed by atoms with E-state index in [9.17, 15) is 13.9 Å². The molecular weight excluding hydrogens is 326 g/mol. The molecule has 0 aliphatic carbocycles. The molecule has 2 aromatic rings. The van der Waals surface area contributed by atoms with Crippen LogP contribution in [0.15, 0.2) is 30.6 Å². The van der Waals surface area contributed by atoms with Crippen LogP contribution in [0, 0.1) is 11.6 Å². The fourth-order valence-electron chi connectivity index (χ4n) is 3.42. The molecule has 0 amide bonds. The molecule has 7 heteroatoms. The predicted octanol–water partition coefficient (Wildman–Crippen LogP) is 1.77. The van der Waals surface area contributed by atoms with Gasteiger partial charge in [0.15, 0.2) is 11.6 Å². The first-order valence-corrected chi connectivity index (χ1v) is 8.54. The lowest BCUT2D eigenvalue weighted by molar-refractivity contribution is 0.0499. The molecule has 0 saturated carbocycles. The molecule has 1 aliphatic heterocycles. The topological polar surface area (TPSA) is 44.5 Å². The number of nitrogens with zero attached hydrogens (tertiary/aromatic N) is 4. The predicted molar refractivity (Wildman–Crippen MR) is 90.7 cm³/mol. The lowest BCUT2D eigenvalue weighted by Gasteiger charge is -2.41. The van der Waals surface area contributed by atoms with Crippen molar-refractivity contribution in [2.75, 3.05) is 26.2 Å². The van der Waals surface area contributed by atoms with Crippen molar-refractivity contribution < 1.29 is 13.9 Å². The number of aromatic nitrogens is 2. The fourth-order valence-corrected chi connectivity index (χ4v) is 3.42. The van der Waals surface area contributed by atoms with Gasteiger partial charge in [-0.1, -0.05) is 6.07 Å². The summed E-state index contributed by atoms with van der Waals surface area (Å²) in [4.78, 5) is 4.59. The Balaban J connectivity index is 1.63. The normalized spacial score (nSPS) is 19.4. The van der Waals surface area contributed by atoms with Gasteiger partial charge in [0.1, 0.15) is 0 Å². The number of aliphatic hydroxyl groups is 1. The van der Waals surface area contributed by atoms with Crippen molar-refractivity contribution in [1.82, 2.24) is 19.6 Å². The molecule has 25 heavy (non-hydrogen) atoms. The summed E-state index contributed by atoms with van der Waals surface area (Å²) < 4.78 is 28.3. The smallest absolute Gasteiger partial charge is 0.159 e. The number of aliphatic hydroxyl groups excluding tert-OH is 1. The Kier molecular flexibility index (Phi) is 5.78. The van der Waals surface area contributed by atoms with E-state index in [0.717, 1.165) is 31.7 Å². The zero-order valence-electron chi connectivity index (χ0n) is 14.4. The highest BCUT2D eigenvalue weighted by Crippen LogP contribution is 2.19. The lowest BCUT2D eigenvalue weighted by Crippen LogP contribution is -2.52. The van der Waals surface area contributed by atoms with Crippen LogP contribution in [0.5, 0.6) is 0 Å². The van der Waals surface area contributed by atoms with Crippen LogP contribution in [-0.2, 0) is 20.1 Å². The van der Waals surface area contributed by atoms with Gasteiger partial charge in [0.25, 0.3) is 0 Å². The third kappa shape index (κ3) is 4.62. The molecule has 1 unspecified atom stereocenters. The average molecular weight is 350 g/mol. The minimum atomic E-state index is -0.822. The van der Waals surface area contributed by atoms with Gasteiger partial charge in [-0.05, 0) is 24.1 Å². The maximum absolute atomic E-state index is 13.4. The monoisotopic (exact) mass is 350 g/mol. The Labute approximate surface area is 146 Å². The van der Waals surface area contributed by atoms with Crippen LogP contribution in [0.3, 0.4) is 0 Å². The summed E-state index contributed by atoms with van der Waals surface area (Å²) in [5.74, 6) is -1.64. The summed E-state index contributed by atoms with van der Waals surface area (Å²) in [5, 5.41) is 13.6. The van der Waals surface area contributed by atoms with Crippen LogP contribution in [-0.4, -0.2) is 57.0 Å². The molecule has 0 radical (unpaired) electrons. The van der Waals surface area contributed by atoms with Crippen molar-refractivity contribution in [1.29, 1.82) is 0 Å². The summed E-state index contributed by atoms with van der Waals surface area (Å²) in [6.07, 6.45) is 4.54. The molecule has 1 atom stereocenters. The van der Waals surface area contributed by atoms with Crippen molar-refractivity contribution in [3.63, 3.8) is 0 Å². The molecule has 0 spiro atoms. The van der Waals surface area contributed by atoms with Crippen molar-refractivity contribution in [3.8, 4) is 0 Å². The van der Waals surface area contributed by atoms with Crippen LogP contribution in [0.25, 0.3) is 0 Å². The number of aryl methyl sites for hydroxylation is 1. The summed E-state index contributed by atoms with van der Waals surface area (Å²) in [5.41, 5.74) is 1.92. The van der Waals surface area contributed by atoms with E-state index >= 15 is 0 Å². The molecule has 0 bridgehead atoms. The van der Waals surface area contributed by atoms with Crippen molar-refractivity contribution in [2.24, 2.45) is 7.05 Å². The zero-order valence-corrected chi connectivity index (χ0v) is 14.4. The summed E-state index contributed by atoms with van der Waals surface area (Å²) in [7, 11) is 1.90. The van der Waals surface area contributed by atoms with E-state index in [1.54, 1.807) is 10.7 Å². The highest BCUT2D eigenvalue weighted by molar-refractivity contribution is 5.18. The molecule has 1 aliphatic rings. The second kappa shape index (κ2) is 8.03. The van der Waals surface area contributed by atoms with E-state index in [1.807, 2.05) is 19.4 Å². The molecular formula is C18H24F2N4O. The SMILES string of the molecule is Cn1cc(CN2CCN(Cc3ccc(F)c(F)c3)C(CCO)C2)cn1. The Morgan fingerprint density at radius 3 is 2.68 bits per heavy atom. The van der Waals surface area contributed by atoms with Crippen LogP contribution in [0.4, 0.5) is 8.78 Å². The van der Waals surface area contributed by atoms with Crippen LogP contribution >= 0.6 is 0 Å². The van der Waals surface area contributed by atoms with Gasteiger partial charge in [0.2, 0.25) is 0 Å². The summed E-state index contributed by atoms with van der Waals surface area (Å²) >= 11 is 0. The number of rotatable bonds is 6. The zero-order chi connectivity index (χ0) is 17.8. The first-order chi connectivity index (χ1) is 12.0. The fraction of sp³-hybridized carbons (Fsp3) is 0.500. The van der Waals surface area contributed by atoms with Crippen molar-refractivity contribution >= 4 is 0 Å². The molecule has 1 saturated heterocycles. The molecule has 1 aromatic carbocycles. The lowest BCUT2D eigenvalue weighted by atomic mass is 10.1. The summed E-state index contributed by atoms with van der Waals surface area (Å²) in [6, 6.07) is 4.23. The molecule has 1 N–H and O–H groups in total. The van der Waals surface area contributed by atoms with E-state index in [2.05, 4.69) is 14.9 Å². The van der Waals surface area contributed by atoms with Crippen molar-refractivity contribution in [3.05, 3.63) is 53.4 Å². The van der Waals surface area contributed by atoms with Crippen LogP contribution < -0.4 is 0 Å². The van der Waals surface area contributed by atoms with Gasteiger partial charge in [-0.15, -0.1) is 0 Å². The Bertz CT molecular complexity index is 706. The van der Waals surface area contributed by atoms with Gasteiger partial charge in [-0.2, -0.15) is 5.10 Å². The van der Waals surface area contributed by atoms with Crippen molar-refractivity contribution in [2.45, 2.75) is 25.6 Å². The Hall–Kier alpha value is -1.83. The Morgan fingerprint density at radius 2 is 2.00 bits per heavy atom. The molecule has 1 fully saturated rings. The maximum Gasteiger partial charge on any atom is 0.159 e. The standard InChI is InChI=1S/C18H24F2N4O/c1-22-10-15(9-21-22)11-23-5-6-24(16(13-23)4-7-25)12-14-2-3-17(19)18(20)8-14/h2-3,8-10,16,25H,4-7,11-13H2,1H3. The number of piperazine rings is 1. The molecule has 136 valence electrons. The number of hydrogen-bond donors (Lipinski definition) is 1. The molecule has 2 heterocycles. The largest absolute Gasteiger partial charge is 0.396 e. The van der Waals surface area contributed by atoms with Gasteiger partial charge in [0, 0.05) is 64.2 Å². The number of hydrogen-bond acceptors (Lipinski definition) is 4. The highest BCUT2D eigenvalue weighted by Gasteiger charge is 2.27. The van der Waals surface area contributed by atoms with Gasteiger partial charge in [0.05, 0.1) is 6.20 Å². The van der Waals surface area contributed by atoms with E-state index in [4.69, 9.17) is 0 Å². The second-order valence-electron chi connectivity index (χ2n) is 6.64. The number of benzene rings is 1. The van der Waals surface area contributed by atoms with Gasteiger partial charge in [-0.3, -0.25) is 14.5 Å². The van der Waals surface area contributed by atoms with E-state index in [0.29, 0.717) is 13.0 Å². The van der Waals surface area contributed by atoms with E-state index < -0.39 is 11.6 Å². The highest BCUT2D eigenvalue weighted by atomic mass is 19.2. The van der Waals surface area contributed by atoms with Gasteiger partial charge in [-0.25, -0.2) is 8.78 Å². The van der Waals surface area contributed by atoms with Gasteiger partial charge < -0.3 is 5.11 Å². The third-order valence-corrected chi connectivity index (χ3v) is 4.69. The average Bonchev–Trinajstić information content (AvgIpc) is 2.98.